The zero-order valence-corrected chi connectivity index (χ0v) is 28.2. The van der Waals surface area contributed by atoms with Gasteiger partial charge in [0.1, 0.15) is 11.4 Å². The Kier molecular flexibility index (Phi) is 12.6. The summed E-state index contributed by atoms with van der Waals surface area (Å²) in [7, 11) is 0. The van der Waals surface area contributed by atoms with E-state index in [2.05, 4.69) is 30.5 Å². The number of para-hydroxylation sites is 1. The quantitative estimate of drug-likeness (QED) is 0.190. The van der Waals surface area contributed by atoms with Gasteiger partial charge in [0.25, 0.3) is 0 Å². The number of hydrogen-bond donors (Lipinski definition) is 2. The number of carbonyl (C=O) groups is 1. The number of rotatable bonds is 8. The van der Waals surface area contributed by atoms with Crippen molar-refractivity contribution in [3.8, 4) is 11.1 Å². The van der Waals surface area contributed by atoms with Gasteiger partial charge in [0.05, 0.1) is 11.1 Å². The molecule has 0 unspecified atom stereocenters. The number of benzene rings is 1. The van der Waals surface area contributed by atoms with Gasteiger partial charge in [0.15, 0.2) is 17.1 Å². The van der Waals surface area contributed by atoms with Crippen molar-refractivity contribution >= 4 is 40.5 Å². The van der Waals surface area contributed by atoms with E-state index in [9.17, 15) is 9.59 Å². The molecule has 2 N–H and O–H groups in total. The van der Waals surface area contributed by atoms with Crippen LogP contribution in [0, 0.1) is 12.8 Å². The van der Waals surface area contributed by atoms with E-state index in [0.29, 0.717) is 34.5 Å². The molecule has 9 nitrogen and oxygen atoms in total. The number of carbonyl (C=O) groups excluding carboxylic acids is 1. The molecule has 4 heterocycles. The maximum Gasteiger partial charge on any atom is 0.228 e. The van der Waals surface area contributed by atoms with Crippen molar-refractivity contribution in [2.75, 3.05) is 36.4 Å². The molecule has 6 rings (SSSR count). The summed E-state index contributed by atoms with van der Waals surface area (Å²) in [5.41, 5.74) is 4.63. The van der Waals surface area contributed by atoms with E-state index in [0.717, 1.165) is 60.6 Å². The first-order valence-corrected chi connectivity index (χ1v) is 16.8. The summed E-state index contributed by atoms with van der Waals surface area (Å²) in [6, 6.07) is 11.0. The van der Waals surface area contributed by atoms with Gasteiger partial charge in [0, 0.05) is 61.3 Å². The first-order valence-electron chi connectivity index (χ1n) is 16.8. The van der Waals surface area contributed by atoms with Crippen LogP contribution in [0.4, 0.5) is 17.7 Å². The van der Waals surface area contributed by atoms with Crippen LogP contribution in [0.2, 0.25) is 0 Å². The maximum atomic E-state index is 12.9. The summed E-state index contributed by atoms with van der Waals surface area (Å²) in [6.07, 6.45) is 11.2. The Morgan fingerprint density at radius 2 is 1.78 bits per heavy atom. The summed E-state index contributed by atoms with van der Waals surface area (Å²) >= 11 is 0. The van der Waals surface area contributed by atoms with E-state index in [4.69, 9.17) is 4.42 Å². The molecular formula is C37H48N6O3. The molecule has 3 aromatic heterocycles. The third-order valence-corrected chi connectivity index (χ3v) is 8.27. The fourth-order valence-corrected chi connectivity index (χ4v) is 5.87. The van der Waals surface area contributed by atoms with E-state index < -0.39 is 0 Å². The minimum Gasteiger partial charge on any atom is -0.440 e. The van der Waals surface area contributed by atoms with E-state index in [1.54, 1.807) is 31.5 Å². The molecule has 9 heteroatoms. The first-order chi connectivity index (χ1) is 22.4. The Morgan fingerprint density at radius 1 is 1.04 bits per heavy atom. The van der Waals surface area contributed by atoms with Crippen LogP contribution < -0.4 is 21.0 Å². The van der Waals surface area contributed by atoms with Crippen molar-refractivity contribution in [3.63, 3.8) is 0 Å². The van der Waals surface area contributed by atoms with E-state index in [1.807, 2.05) is 65.0 Å². The maximum absolute atomic E-state index is 12.9. The number of ketones is 1. The predicted octanol–water partition coefficient (Wildman–Crippen LogP) is 7.71. The van der Waals surface area contributed by atoms with Crippen molar-refractivity contribution in [2.24, 2.45) is 5.92 Å². The molecule has 1 aromatic carbocycles. The molecule has 2 fully saturated rings. The average molecular weight is 625 g/mol. The van der Waals surface area contributed by atoms with Gasteiger partial charge in [-0.3, -0.25) is 9.59 Å². The minimum atomic E-state index is -0.0577. The molecule has 4 aromatic rings. The lowest BCUT2D eigenvalue weighted by molar-refractivity contribution is -0.113. The SMILES string of the molecule is CC.CC.CC(=O)/C(=C/c1cnc(Nc2ccc(-c3cccc4c(=O)cc(N5CCNCC5)oc34)cn2)nc1C)CC1CCCC1. The monoisotopic (exact) mass is 624 g/mol. The highest BCUT2D eigenvalue weighted by Crippen LogP contribution is 2.32. The Labute approximate surface area is 272 Å². The number of allylic oxidation sites excluding steroid dienone is 1. The largest absolute Gasteiger partial charge is 0.440 e. The van der Waals surface area contributed by atoms with Gasteiger partial charge in [-0.1, -0.05) is 65.5 Å². The van der Waals surface area contributed by atoms with E-state index >= 15 is 0 Å². The summed E-state index contributed by atoms with van der Waals surface area (Å²) in [5.74, 6) is 2.32. The van der Waals surface area contributed by atoms with Gasteiger partial charge in [-0.05, 0) is 56.0 Å². The predicted molar refractivity (Wildman–Crippen MR) is 189 cm³/mol. The van der Waals surface area contributed by atoms with Gasteiger partial charge in [-0.15, -0.1) is 0 Å². The van der Waals surface area contributed by atoms with E-state index in [-0.39, 0.29) is 11.2 Å². The number of fused-ring (bicyclic) bond motifs is 1. The van der Waals surface area contributed by atoms with Crippen molar-refractivity contribution < 1.29 is 9.21 Å². The average Bonchev–Trinajstić information content (AvgIpc) is 3.61. The van der Waals surface area contributed by atoms with Crippen molar-refractivity contribution in [1.82, 2.24) is 20.3 Å². The topological polar surface area (TPSA) is 113 Å². The number of nitrogens with zero attached hydrogens (tertiary/aromatic N) is 4. The fourth-order valence-electron chi connectivity index (χ4n) is 5.87. The van der Waals surface area contributed by atoms with Crippen LogP contribution in [0.5, 0.6) is 0 Å². The van der Waals surface area contributed by atoms with E-state index in [1.165, 1.54) is 25.7 Å². The third-order valence-electron chi connectivity index (χ3n) is 8.27. The number of aryl methyl sites for hydroxylation is 1. The number of nitrogens with one attached hydrogen (secondary N) is 2. The van der Waals surface area contributed by atoms with Gasteiger partial charge < -0.3 is 20.0 Å². The Bertz CT molecular complexity index is 1680. The van der Waals surface area contributed by atoms with Crippen LogP contribution in [0.3, 0.4) is 0 Å². The smallest absolute Gasteiger partial charge is 0.228 e. The molecule has 0 amide bonds. The summed E-state index contributed by atoms with van der Waals surface area (Å²) in [5, 5.41) is 7.05. The second-order valence-corrected chi connectivity index (χ2v) is 11.2. The molecule has 1 saturated heterocycles. The Balaban J connectivity index is 0.00000116. The van der Waals surface area contributed by atoms with Crippen LogP contribution in [-0.2, 0) is 4.79 Å². The highest BCUT2D eigenvalue weighted by atomic mass is 16.4. The van der Waals surface area contributed by atoms with Gasteiger partial charge in [-0.2, -0.15) is 0 Å². The van der Waals surface area contributed by atoms with Crippen LogP contribution in [0.15, 0.2) is 63.6 Å². The van der Waals surface area contributed by atoms with Crippen molar-refractivity contribution in [2.45, 2.75) is 73.6 Å². The molecule has 1 saturated carbocycles. The zero-order chi connectivity index (χ0) is 33.1. The van der Waals surface area contributed by atoms with Crippen LogP contribution in [0.1, 0.15) is 78.0 Å². The number of hydrogen-bond acceptors (Lipinski definition) is 9. The summed E-state index contributed by atoms with van der Waals surface area (Å²) in [4.78, 5) is 41.0. The van der Waals surface area contributed by atoms with Crippen LogP contribution in [-0.4, -0.2) is 46.9 Å². The Hall–Kier alpha value is -4.37. The number of pyridine rings is 1. The second kappa shape index (κ2) is 16.8. The molecule has 0 bridgehead atoms. The van der Waals surface area contributed by atoms with Gasteiger partial charge in [-0.25, -0.2) is 15.0 Å². The summed E-state index contributed by atoms with van der Waals surface area (Å²) < 4.78 is 6.31. The lowest BCUT2D eigenvalue weighted by Gasteiger charge is -2.27. The van der Waals surface area contributed by atoms with Gasteiger partial charge in [0.2, 0.25) is 5.95 Å². The van der Waals surface area contributed by atoms with Crippen LogP contribution >= 0.6 is 0 Å². The minimum absolute atomic E-state index is 0.0577. The number of aromatic nitrogens is 3. The lowest BCUT2D eigenvalue weighted by Crippen LogP contribution is -2.43. The van der Waals surface area contributed by atoms with Crippen molar-refractivity contribution in [3.05, 3.63) is 75.8 Å². The number of piperazine rings is 1. The molecule has 0 spiro atoms. The molecule has 1 aliphatic heterocycles. The number of anilines is 3. The molecule has 244 valence electrons. The molecule has 1 aliphatic carbocycles. The standard InChI is InChI=1S/C33H36N6O3.2C2H6/c1-21-26(17-25(22(2)40)16-23-6-3-4-7-23)20-36-33(37-21)38-30-11-10-24(19-35-30)27-8-5-9-28-29(41)18-31(42-32(27)28)39-14-12-34-13-15-39;2*1-2/h5,8-11,17-20,23,34H,3-4,6-7,12-16H2,1-2H3,(H,35,36,37,38);2*1-2H3/b25-17+;;. The van der Waals surface area contributed by atoms with Gasteiger partial charge >= 0.3 is 0 Å². The zero-order valence-electron chi connectivity index (χ0n) is 28.2. The molecule has 0 radical (unpaired) electrons. The molecule has 2 aliphatic rings. The lowest BCUT2D eigenvalue weighted by atomic mass is 9.94. The highest BCUT2D eigenvalue weighted by Gasteiger charge is 2.19. The van der Waals surface area contributed by atoms with Crippen molar-refractivity contribution in [1.29, 1.82) is 0 Å². The summed E-state index contributed by atoms with van der Waals surface area (Å²) in [6.45, 7) is 14.8. The van der Waals surface area contributed by atoms with Crippen LogP contribution in [0.25, 0.3) is 28.2 Å². The first kappa shape index (κ1) is 34.5. The second-order valence-electron chi connectivity index (χ2n) is 11.2. The Morgan fingerprint density at radius 3 is 2.43 bits per heavy atom. The molecular weight excluding hydrogens is 576 g/mol. The normalized spacial score (nSPS) is 15.1. The number of Topliss-reactive ketones (excluding diaryl/α,β-unsaturated/α-hetero) is 1. The third kappa shape index (κ3) is 8.46. The highest BCUT2D eigenvalue weighted by molar-refractivity contribution is 5.98. The fraction of sp³-hybridized carbons (Fsp3) is 0.432. The molecule has 46 heavy (non-hydrogen) atoms. The molecule has 0 atom stereocenters.